The molecule has 0 saturated carbocycles. The summed E-state index contributed by atoms with van der Waals surface area (Å²) in [6.07, 6.45) is 0. The van der Waals surface area contributed by atoms with E-state index in [1.54, 1.807) is 12.1 Å². The predicted molar refractivity (Wildman–Crippen MR) is 67.0 cm³/mol. The van der Waals surface area contributed by atoms with E-state index in [-0.39, 0.29) is 0 Å². The van der Waals surface area contributed by atoms with Crippen molar-refractivity contribution in [3.05, 3.63) is 47.1 Å². The topological polar surface area (TPSA) is 38.9 Å². The standard InChI is InChI=1S/C13H9ClN2O/c1-8-2-4-9(5-3-8)13-16-12-10(17-13)6-7-11(14)15-12/h2-7H,1H3. The molecule has 0 saturated heterocycles. The molecule has 0 radical (unpaired) electrons. The minimum atomic E-state index is 0.418. The molecule has 0 fully saturated rings. The summed E-state index contributed by atoms with van der Waals surface area (Å²) in [6.45, 7) is 2.04. The van der Waals surface area contributed by atoms with Gasteiger partial charge in [0.25, 0.3) is 0 Å². The van der Waals surface area contributed by atoms with Gasteiger partial charge in [-0.3, -0.25) is 0 Å². The van der Waals surface area contributed by atoms with E-state index in [9.17, 15) is 0 Å². The number of benzene rings is 1. The van der Waals surface area contributed by atoms with Crippen molar-refractivity contribution in [2.75, 3.05) is 0 Å². The third-order valence-electron chi connectivity index (χ3n) is 2.52. The third-order valence-corrected chi connectivity index (χ3v) is 2.73. The molecule has 3 rings (SSSR count). The van der Waals surface area contributed by atoms with Gasteiger partial charge in [-0.2, -0.15) is 4.98 Å². The number of oxazole rings is 1. The lowest BCUT2D eigenvalue weighted by Crippen LogP contribution is -1.79. The summed E-state index contributed by atoms with van der Waals surface area (Å²) >= 11 is 5.80. The number of fused-ring (bicyclic) bond motifs is 1. The predicted octanol–water partition coefficient (Wildman–Crippen LogP) is 3.85. The molecule has 2 aromatic heterocycles. The second-order valence-corrected chi connectivity index (χ2v) is 4.23. The highest BCUT2D eigenvalue weighted by Crippen LogP contribution is 2.24. The number of hydrogen-bond donors (Lipinski definition) is 0. The van der Waals surface area contributed by atoms with Crippen LogP contribution in [-0.2, 0) is 0 Å². The van der Waals surface area contributed by atoms with Gasteiger partial charge < -0.3 is 4.42 Å². The maximum absolute atomic E-state index is 5.80. The van der Waals surface area contributed by atoms with Gasteiger partial charge in [-0.05, 0) is 31.2 Å². The maximum Gasteiger partial charge on any atom is 0.228 e. The van der Waals surface area contributed by atoms with Crippen LogP contribution in [0.25, 0.3) is 22.7 Å². The van der Waals surface area contributed by atoms with E-state index in [1.165, 1.54) is 5.56 Å². The quantitative estimate of drug-likeness (QED) is 0.611. The molecule has 2 heterocycles. The number of halogens is 1. The highest BCUT2D eigenvalue weighted by Gasteiger charge is 2.09. The van der Waals surface area contributed by atoms with Crippen LogP contribution in [0, 0.1) is 6.92 Å². The van der Waals surface area contributed by atoms with Gasteiger partial charge in [-0.1, -0.05) is 29.3 Å². The van der Waals surface area contributed by atoms with Gasteiger partial charge in [0.2, 0.25) is 11.5 Å². The van der Waals surface area contributed by atoms with Gasteiger partial charge in [0.15, 0.2) is 5.58 Å². The molecule has 84 valence electrons. The zero-order valence-corrected chi connectivity index (χ0v) is 9.90. The Bertz CT molecular complexity index is 673. The van der Waals surface area contributed by atoms with E-state index in [0.717, 1.165) is 5.56 Å². The van der Waals surface area contributed by atoms with Crippen molar-refractivity contribution in [3.8, 4) is 11.5 Å². The zero-order valence-electron chi connectivity index (χ0n) is 9.14. The highest BCUT2D eigenvalue weighted by atomic mass is 35.5. The maximum atomic E-state index is 5.80. The molecule has 0 atom stereocenters. The average Bonchev–Trinajstić information content (AvgIpc) is 2.72. The molecular weight excluding hydrogens is 236 g/mol. The molecule has 17 heavy (non-hydrogen) atoms. The molecule has 0 aliphatic heterocycles. The van der Waals surface area contributed by atoms with Gasteiger partial charge in [0.1, 0.15) is 5.15 Å². The van der Waals surface area contributed by atoms with Crippen molar-refractivity contribution < 1.29 is 4.42 Å². The fourth-order valence-corrected chi connectivity index (χ4v) is 1.76. The SMILES string of the molecule is Cc1ccc(-c2nc3nc(Cl)ccc3o2)cc1. The molecule has 0 aliphatic rings. The third kappa shape index (κ3) is 1.89. The summed E-state index contributed by atoms with van der Waals surface area (Å²) in [6, 6.07) is 11.4. The monoisotopic (exact) mass is 244 g/mol. The molecule has 0 amide bonds. The Morgan fingerprint density at radius 2 is 1.76 bits per heavy atom. The van der Waals surface area contributed by atoms with Crippen LogP contribution in [0.1, 0.15) is 5.56 Å². The van der Waals surface area contributed by atoms with Crippen LogP contribution in [0.3, 0.4) is 0 Å². The number of rotatable bonds is 1. The fraction of sp³-hybridized carbons (Fsp3) is 0.0769. The van der Waals surface area contributed by atoms with Crippen molar-refractivity contribution in [2.24, 2.45) is 0 Å². The van der Waals surface area contributed by atoms with E-state index < -0.39 is 0 Å². The molecule has 3 nitrogen and oxygen atoms in total. The van der Waals surface area contributed by atoms with Crippen molar-refractivity contribution in [1.29, 1.82) is 0 Å². The van der Waals surface area contributed by atoms with Crippen molar-refractivity contribution in [3.63, 3.8) is 0 Å². The number of aryl methyl sites for hydroxylation is 1. The van der Waals surface area contributed by atoms with Crippen LogP contribution >= 0.6 is 11.6 Å². The summed E-state index contributed by atoms with van der Waals surface area (Å²) in [5, 5.41) is 0.418. The minimum Gasteiger partial charge on any atom is -0.434 e. The molecule has 1 aromatic carbocycles. The van der Waals surface area contributed by atoms with E-state index in [1.807, 2.05) is 31.2 Å². The Hall–Kier alpha value is -1.87. The summed E-state index contributed by atoms with van der Waals surface area (Å²) < 4.78 is 5.62. The summed E-state index contributed by atoms with van der Waals surface area (Å²) in [7, 11) is 0. The molecule has 0 bridgehead atoms. The Balaban J connectivity index is 2.14. The van der Waals surface area contributed by atoms with E-state index in [0.29, 0.717) is 22.3 Å². The van der Waals surface area contributed by atoms with Crippen LogP contribution < -0.4 is 0 Å². The Morgan fingerprint density at radius 1 is 1.00 bits per heavy atom. The first kappa shape index (κ1) is 10.3. The van der Waals surface area contributed by atoms with Crippen LogP contribution in [0.15, 0.2) is 40.8 Å². The van der Waals surface area contributed by atoms with Crippen LogP contribution in [0.5, 0.6) is 0 Å². The second kappa shape index (κ2) is 3.86. The number of hydrogen-bond acceptors (Lipinski definition) is 3. The number of pyridine rings is 1. The van der Waals surface area contributed by atoms with Crippen LogP contribution in [0.2, 0.25) is 5.15 Å². The summed E-state index contributed by atoms with van der Waals surface area (Å²) in [5.74, 6) is 0.565. The first-order chi connectivity index (χ1) is 8.22. The van der Waals surface area contributed by atoms with Gasteiger partial charge in [0, 0.05) is 5.56 Å². The molecule has 3 aromatic rings. The second-order valence-electron chi connectivity index (χ2n) is 3.84. The van der Waals surface area contributed by atoms with Crippen molar-refractivity contribution in [2.45, 2.75) is 6.92 Å². The Morgan fingerprint density at radius 3 is 2.53 bits per heavy atom. The average molecular weight is 245 g/mol. The Kier molecular flexibility index (Phi) is 2.34. The molecule has 4 heteroatoms. The van der Waals surface area contributed by atoms with E-state index >= 15 is 0 Å². The largest absolute Gasteiger partial charge is 0.434 e. The van der Waals surface area contributed by atoms with Gasteiger partial charge >= 0.3 is 0 Å². The highest BCUT2D eigenvalue weighted by molar-refractivity contribution is 6.29. The molecule has 0 spiro atoms. The fourth-order valence-electron chi connectivity index (χ4n) is 1.62. The number of aromatic nitrogens is 2. The van der Waals surface area contributed by atoms with Crippen LogP contribution in [0.4, 0.5) is 0 Å². The Labute approximate surface area is 103 Å². The smallest absolute Gasteiger partial charge is 0.228 e. The molecule has 0 N–H and O–H groups in total. The lowest BCUT2D eigenvalue weighted by Gasteiger charge is -1.94. The first-order valence-corrected chi connectivity index (χ1v) is 5.60. The number of nitrogens with zero attached hydrogens (tertiary/aromatic N) is 2. The molecule has 0 aliphatic carbocycles. The first-order valence-electron chi connectivity index (χ1n) is 5.22. The molecule has 0 unspecified atom stereocenters. The van der Waals surface area contributed by atoms with Gasteiger partial charge in [-0.15, -0.1) is 0 Å². The lowest BCUT2D eigenvalue weighted by molar-refractivity contribution is 0.619. The lowest BCUT2D eigenvalue weighted by atomic mass is 10.1. The zero-order chi connectivity index (χ0) is 11.8. The summed E-state index contributed by atoms with van der Waals surface area (Å²) in [5.41, 5.74) is 3.31. The van der Waals surface area contributed by atoms with E-state index in [2.05, 4.69) is 9.97 Å². The van der Waals surface area contributed by atoms with Crippen molar-refractivity contribution in [1.82, 2.24) is 9.97 Å². The normalized spacial score (nSPS) is 10.9. The van der Waals surface area contributed by atoms with Crippen LogP contribution in [-0.4, -0.2) is 9.97 Å². The molecular formula is C13H9ClN2O. The van der Waals surface area contributed by atoms with Gasteiger partial charge in [-0.25, -0.2) is 4.98 Å². The summed E-state index contributed by atoms with van der Waals surface area (Å²) in [4.78, 5) is 8.41. The van der Waals surface area contributed by atoms with Gasteiger partial charge in [0.05, 0.1) is 0 Å². The van der Waals surface area contributed by atoms with Crippen molar-refractivity contribution >= 4 is 22.8 Å². The van der Waals surface area contributed by atoms with E-state index in [4.69, 9.17) is 16.0 Å². The minimum absolute atomic E-state index is 0.418.